The molecule has 0 spiro atoms. The minimum atomic E-state index is -0.378. The monoisotopic (exact) mass is 290 g/mol. The molecule has 0 atom stereocenters. The average molecular weight is 290 g/mol. The first-order valence-electron chi connectivity index (χ1n) is 7.71. The van der Waals surface area contributed by atoms with Crippen LogP contribution in [0.25, 0.3) is 0 Å². The Labute approximate surface area is 129 Å². The molecule has 1 fully saturated rings. The zero-order chi connectivity index (χ0) is 15.8. The van der Waals surface area contributed by atoms with Gasteiger partial charge in [0.1, 0.15) is 5.75 Å². The fraction of sp³-hybridized carbons (Fsp3) is 0.647. The summed E-state index contributed by atoms with van der Waals surface area (Å²) < 4.78 is 18.2. The Hall–Kier alpha value is -0.995. The van der Waals surface area contributed by atoms with Gasteiger partial charge in [-0.05, 0) is 46.6 Å². The van der Waals surface area contributed by atoms with Gasteiger partial charge in [0.05, 0.1) is 17.8 Å². The van der Waals surface area contributed by atoms with Crippen molar-refractivity contribution in [1.29, 1.82) is 0 Å². The van der Waals surface area contributed by atoms with E-state index in [-0.39, 0.29) is 18.3 Å². The van der Waals surface area contributed by atoms with E-state index in [4.69, 9.17) is 14.0 Å². The molecule has 21 heavy (non-hydrogen) atoms. The van der Waals surface area contributed by atoms with Crippen LogP contribution in [-0.4, -0.2) is 24.9 Å². The van der Waals surface area contributed by atoms with Crippen molar-refractivity contribution >= 4 is 12.6 Å². The molecule has 1 aliphatic heterocycles. The summed E-state index contributed by atoms with van der Waals surface area (Å²) in [6.07, 6.45) is 0. The van der Waals surface area contributed by atoms with E-state index < -0.39 is 0 Å². The van der Waals surface area contributed by atoms with Gasteiger partial charge in [-0.3, -0.25) is 0 Å². The topological polar surface area (TPSA) is 27.7 Å². The van der Waals surface area contributed by atoms with E-state index in [0.29, 0.717) is 12.5 Å². The lowest BCUT2D eigenvalue weighted by Crippen LogP contribution is -2.41. The molecule has 0 saturated carbocycles. The Morgan fingerprint density at radius 2 is 1.67 bits per heavy atom. The number of hydrogen-bond donors (Lipinski definition) is 0. The summed E-state index contributed by atoms with van der Waals surface area (Å²) in [6.45, 7) is 15.3. The summed E-state index contributed by atoms with van der Waals surface area (Å²) in [5.41, 5.74) is 1.49. The van der Waals surface area contributed by atoms with Crippen molar-refractivity contribution in [2.75, 3.05) is 6.61 Å². The van der Waals surface area contributed by atoms with Crippen LogP contribution >= 0.6 is 0 Å². The number of aryl methyl sites for hydroxylation is 1. The highest BCUT2D eigenvalue weighted by molar-refractivity contribution is 6.63. The predicted molar refractivity (Wildman–Crippen MR) is 87.2 cm³/mol. The maximum absolute atomic E-state index is 6.15. The quantitative estimate of drug-likeness (QED) is 0.796. The number of ether oxygens (including phenoxy) is 1. The summed E-state index contributed by atoms with van der Waals surface area (Å²) in [4.78, 5) is 0. The molecule has 0 N–H and O–H groups in total. The van der Waals surface area contributed by atoms with E-state index >= 15 is 0 Å². The van der Waals surface area contributed by atoms with Gasteiger partial charge in [0, 0.05) is 5.46 Å². The van der Waals surface area contributed by atoms with Crippen LogP contribution in [0.1, 0.15) is 47.1 Å². The highest BCUT2D eigenvalue weighted by Crippen LogP contribution is 2.37. The van der Waals surface area contributed by atoms with Gasteiger partial charge in [0.25, 0.3) is 0 Å². The summed E-state index contributed by atoms with van der Waals surface area (Å²) in [6, 6.07) is 6.17. The predicted octanol–water partition coefficient (Wildman–Crippen LogP) is 3.33. The van der Waals surface area contributed by atoms with Crippen molar-refractivity contribution in [2.24, 2.45) is 5.92 Å². The minimum Gasteiger partial charge on any atom is -0.494 e. The second-order valence-corrected chi connectivity index (χ2v) is 7.33. The lowest BCUT2D eigenvalue weighted by molar-refractivity contribution is 0.00578. The highest BCUT2D eigenvalue weighted by atomic mass is 16.7. The van der Waals surface area contributed by atoms with Crippen molar-refractivity contribution in [3.63, 3.8) is 0 Å². The van der Waals surface area contributed by atoms with E-state index in [1.165, 1.54) is 5.56 Å². The summed E-state index contributed by atoms with van der Waals surface area (Å²) in [5, 5.41) is 0. The summed E-state index contributed by atoms with van der Waals surface area (Å²) >= 11 is 0. The SMILES string of the molecule is Cc1ccc(OCC(C)C)c(B2OC(C)(C)C(C)(C)O2)c1. The van der Waals surface area contributed by atoms with Crippen LogP contribution in [0.15, 0.2) is 18.2 Å². The van der Waals surface area contributed by atoms with Gasteiger partial charge >= 0.3 is 7.12 Å². The molecular formula is C17H27BO3. The first-order chi connectivity index (χ1) is 9.62. The van der Waals surface area contributed by atoms with E-state index in [2.05, 4.69) is 60.6 Å². The second kappa shape index (κ2) is 5.66. The normalized spacial score (nSPS) is 20.1. The lowest BCUT2D eigenvalue weighted by Gasteiger charge is -2.32. The Bertz CT molecular complexity index is 493. The number of hydrogen-bond acceptors (Lipinski definition) is 3. The lowest BCUT2D eigenvalue weighted by atomic mass is 9.77. The molecule has 1 heterocycles. The van der Waals surface area contributed by atoms with E-state index in [9.17, 15) is 0 Å². The van der Waals surface area contributed by atoms with E-state index in [1.54, 1.807) is 0 Å². The van der Waals surface area contributed by atoms with Gasteiger partial charge < -0.3 is 14.0 Å². The maximum atomic E-state index is 6.15. The van der Waals surface area contributed by atoms with Gasteiger partial charge in [-0.25, -0.2) is 0 Å². The number of benzene rings is 1. The van der Waals surface area contributed by atoms with Crippen LogP contribution in [0.4, 0.5) is 0 Å². The molecule has 1 aromatic rings. The van der Waals surface area contributed by atoms with Gasteiger partial charge in [-0.15, -0.1) is 0 Å². The Balaban J connectivity index is 2.29. The Kier molecular flexibility index (Phi) is 4.41. The highest BCUT2D eigenvalue weighted by Gasteiger charge is 2.52. The van der Waals surface area contributed by atoms with E-state index in [1.807, 2.05) is 6.07 Å². The van der Waals surface area contributed by atoms with Crippen LogP contribution in [0.3, 0.4) is 0 Å². The first kappa shape index (κ1) is 16.4. The second-order valence-electron chi connectivity index (χ2n) is 7.33. The zero-order valence-corrected chi connectivity index (χ0v) is 14.3. The fourth-order valence-corrected chi connectivity index (χ4v) is 2.21. The van der Waals surface area contributed by atoms with E-state index in [0.717, 1.165) is 11.2 Å². The minimum absolute atomic E-state index is 0.337. The maximum Gasteiger partial charge on any atom is 0.498 e. The van der Waals surface area contributed by atoms with Crippen LogP contribution < -0.4 is 10.2 Å². The third kappa shape index (κ3) is 3.43. The van der Waals surface area contributed by atoms with Crippen molar-refractivity contribution < 1.29 is 14.0 Å². The summed E-state index contributed by atoms with van der Waals surface area (Å²) in [7, 11) is -0.378. The van der Waals surface area contributed by atoms with Crippen LogP contribution in [0, 0.1) is 12.8 Å². The fourth-order valence-electron chi connectivity index (χ4n) is 2.21. The zero-order valence-electron chi connectivity index (χ0n) is 14.3. The molecule has 1 aliphatic rings. The average Bonchev–Trinajstić information content (AvgIpc) is 2.56. The molecule has 0 radical (unpaired) electrons. The standard InChI is InChI=1S/C17H27BO3/c1-12(2)11-19-15-9-8-13(3)10-14(15)18-20-16(4,5)17(6,7)21-18/h8-10,12H,11H2,1-7H3. The molecule has 3 nitrogen and oxygen atoms in total. The van der Waals surface area contributed by atoms with Crippen molar-refractivity contribution in [1.82, 2.24) is 0 Å². The van der Waals surface area contributed by atoms with Crippen molar-refractivity contribution in [3.05, 3.63) is 23.8 Å². The van der Waals surface area contributed by atoms with Crippen LogP contribution in [0.2, 0.25) is 0 Å². The molecule has 0 aliphatic carbocycles. The van der Waals surface area contributed by atoms with Crippen LogP contribution in [-0.2, 0) is 9.31 Å². The molecule has 0 bridgehead atoms. The van der Waals surface area contributed by atoms with Gasteiger partial charge in [0.2, 0.25) is 0 Å². The molecule has 2 rings (SSSR count). The molecule has 1 aromatic carbocycles. The number of rotatable bonds is 4. The third-order valence-corrected chi connectivity index (χ3v) is 4.24. The Morgan fingerprint density at radius 1 is 1.10 bits per heavy atom. The molecule has 116 valence electrons. The van der Waals surface area contributed by atoms with Crippen LogP contribution in [0.5, 0.6) is 5.75 Å². The molecule has 1 saturated heterocycles. The molecule has 4 heteroatoms. The van der Waals surface area contributed by atoms with Crippen molar-refractivity contribution in [2.45, 2.75) is 59.7 Å². The first-order valence-corrected chi connectivity index (χ1v) is 7.71. The largest absolute Gasteiger partial charge is 0.498 e. The Morgan fingerprint density at radius 3 is 2.19 bits per heavy atom. The van der Waals surface area contributed by atoms with Gasteiger partial charge in [0.15, 0.2) is 0 Å². The molecule has 0 amide bonds. The third-order valence-electron chi connectivity index (χ3n) is 4.24. The van der Waals surface area contributed by atoms with Gasteiger partial charge in [-0.2, -0.15) is 0 Å². The molecule has 0 aromatic heterocycles. The smallest absolute Gasteiger partial charge is 0.494 e. The van der Waals surface area contributed by atoms with Crippen molar-refractivity contribution in [3.8, 4) is 5.75 Å². The molecule has 0 unspecified atom stereocenters. The molecular weight excluding hydrogens is 263 g/mol. The summed E-state index contributed by atoms with van der Waals surface area (Å²) in [5.74, 6) is 1.34. The van der Waals surface area contributed by atoms with Gasteiger partial charge in [-0.1, -0.05) is 31.5 Å².